The summed E-state index contributed by atoms with van der Waals surface area (Å²) in [6.07, 6.45) is 0. The molecular formula is C18H16F2N4OS2. The molecule has 1 aromatic heterocycles. The van der Waals surface area contributed by atoms with E-state index in [1.807, 2.05) is 0 Å². The first-order valence-corrected chi connectivity index (χ1v) is 9.80. The lowest BCUT2D eigenvalue weighted by Gasteiger charge is -2.05. The number of nitrogens with zero attached hydrogens (tertiary/aromatic N) is 2. The Kier molecular flexibility index (Phi) is 6.36. The average Bonchev–Trinajstić information content (AvgIpc) is 3.08. The summed E-state index contributed by atoms with van der Waals surface area (Å²) in [4.78, 5) is 12.0. The van der Waals surface area contributed by atoms with Crippen LogP contribution in [0.25, 0.3) is 0 Å². The van der Waals surface area contributed by atoms with Gasteiger partial charge in [0.25, 0.3) is 0 Å². The molecule has 3 aromatic rings. The minimum atomic E-state index is -0.343. The van der Waals surface area contributed by atoms with Crippen LogP contribution >= 0.6 is 23.1 Å². The fraction of sp³-hybridized carbons (Fsp3) is 0.167. The molecule has 0 radical (unpaired) electrons. The molecule has 0 saturated carbocycles. The molecule has 0 unspecified atom stereocenters. The number of rotatable bonds is 7. The number of halogens is 2. The highest BCUT2D eigenvalue weighted by atomic mass is 32.2. The Hall–Kier alpha value is -2.52. The molecule has 3 rings (SSSR count). The Morgan fingerprint density at radius 1 is 1.19 bits per heavy atom. The molecule has 0 aliphatic carbocycles. The average molecular weight is 406 g/mol. The van der Waals surface area contributed by atoms with Gasteiger partial charge in [-0.2, -0.15) is 0 Å². The van der Waals surface area contributed by atoms with E-state index in [1.54, 1.807) is 31.2 Å². The zero-order valence-corrected chi connectivity index (χ0v) is 16.0. The van der Waals surface area contributed by atoms with Crippen LogP contribution in [0.3, 0.4) is 0 Å². The lowest BCUT2D eigenvalue weighted by Crippen LogP contribution is -2.24. The van der Waals surface area contributed by atoms with Crippen molar-refractivity contribution in [2.45, 2.75) is 17.8 Å². The molecule has 2 aromatic carbocycles. The third kappa shape index (κ3) is 5.73. The highest BCUT2D eigenvalue weighted by Crippen LogP contribution is 2.27. The van der Waals surface area contributed by atoms with E-state index < -0.39 is 0 Å². The number of nitrogens with one attached hydrogen (secondary N) is 2. The number of amides is 1. The zero-order valence-electron chi connectivity index (χ0n) is 14.3. The SMILES string of the molecule is Cc1ccc(CNC(=O)CSc2nnc(Nc3cccc(F)c3)s2)cc1F. The summed E-state index contributed by atoms with van der Waals surface area (Å²) in [6.45, 7) is 1.95. The molecule has 0 aliphatic heterocycles. The highest BCUT2D eigenvalue weighted by molar-refractivity contribution is 8.01. The zero-order chi connectivity index (χ0) is 19.2. The summed E-state index contributed by atoms with van der Waals surface area (Å²) in [6, 6.07) is 10.9. The summed E-state index contributed by atoms with van der Waals surface area (Å²) in [5, 5.41) is 14.2. The van der Waals surface area contributed by atoms with Gasteiger partial charge in [0.1, 0.15) is 11.6 Å². The molecule has 1 heterocycles. The molecule has 0 bridgehead atoms. The first-order chi connectivity index (χ1) is 13.0. The Bertz CT molecular complexity index is 949. The fourth-order valence-corrected chi connectivity index (χ4v) is 3.74. The minimum Gasteiger partial charge on any atom is -0.351 e. The van der Waals surface area contributed by atoms with Crippen LogP contribution in [0.4, 0.5) is 19.6 Å². The maximum atomic E-state index is 13.5. The van der Waals surface area contributed by atoms with E-state index in [0.29, 0.717) is 26.3 Å². The van der Waals surface area contributed by atoms with E-state index in [1.165, 1.54) is 41.3 Å². The topological polar surface area (TPSA) is 66.9 Å². The number of aryl methyl sites for hydroxylation is 1. The van der Waals surface area contributed by atoms with Gasteiger partial charge in [-0.05, 0) is 42.3 Å². The highest BCUT2D eigenvalue weighted by Gasteiger charge is 2.09. The second kappa shape index (κ2) is 8.92. The lowest BCUT2D eigenvalue weighted by atomic mass is 10.1. The summed E-state index contributed by atoms with van der Waals surface area (Å²) in [5.41, 5.74) is 1.85. The predicted octanol–water partition coefficient (Wildman–Crippen LogP) is 4.28. The number of thioether (sulfide) groups is 1. The van der Waals surface area contributed by atoms with Gasteiger partial charge in [0.15, 0.2) is 4.34 Å². The minimum absolute atomic E-state index is 0.170. The Morgan fingerprint density at radius 3 is 2.81 bits per heavy atom. The fourth-order valence-electron chi connectivity index (χ4n) is 2.13. The van der Waals surface area contributed by atoms with Gasteiger partial charge in [0, 0.05) is 12.2 Å². The molecule has 0 spiro atoms. The number of hydrogen-bond donors (Lipinski definition) is 2. The van der Waals surface area contributed by atoms with Crippen molar-refractivity contribution < 1.29 is 13.6 Å². The van der Waals surface area contributed by atoms with Crippen molar-refractivity contribution in [3.8, 4) is 0 Å². The molecule has 0 atom stereocenters. The van der Waals surface area contributed by atoms with Gasteiger partial charge in [-0.15, -0.1) is 10.2 Å². The van der Waals surface area contributed by atoms with Crippen molar-refractivity contribution in [2.24, 2.45) is 0 Å². The second-order valence-corrected chi connectivity index (χ2v) is 7.86. The number of aromatic nitrogens is 2. The molecule has 140 valence electrons. The monoisotopic (exact) mass is 406 g/mol. The summed E-state index contributed by atoms with van der Waals surface area (Å²) >= 11 is 2.52. The van der Waals surface area contributed by atoms with Crippen molar-refractivity contribution in [1.29, 1.82) is 0 Å². The first-order valence-electron chi connectivity index (χ1n) is 8.00. The quantitative estimate of drug-likeness (QED) is 0.574. The lowest BCUT2D eigenvalue weighted by molar-refractivity contribution is -0.118. The number of carbonyl (C=O) groups is 1. The van der Waals surface area contributed by atoms with E-state index in [4.69, 9.17) is 0 Å². The van der Waals surface area contributed by atoms with Crippen LogP contribution in [0.2, 0.25) is 0 Å². The largest absolute Gasteiger partial charge is 0.351 e. The normalized spacial score (nSPS) is 10.6. The van der Waals surface area contributed by atoms with Crippen LogP contribution in [0.1, 0.15) is 11.1 Å². The predicted molar refractivity (Wildman–Crippen MR) is 103 cm³/mol. The van der Waals surface area contributed by atoms with E-state index in [9.17, 15) is 13.6 Å². The summed E-state index contributed by atoms with van der Waals surface area (Å²) in [7, 11) is 0. The van der Waals surface area contributed by atoms with Crippen molar-refractivity contribution >= 4 is 39.8 Å². The van der Waals surface area contributed by atoms with Crippen LogP contribution in [0, 0.1) is 18.6 Å². The maximum absolute atomic E-state index is 13.5. The van der Waals surface area contributed by atoms with E-state index in [2.05, 4.69) is 20.8 Å². The molecule has 0 fully saturated rings. The van der Waals surface area contributed by atoms with Gasteiger partial charge in [-0.3, -0.25) is 4.79 Å². The number of benzene rings is 2. The van der Waals surface area contributed by atoms with Gasteiger partial charge in [0.05, 0.1) is 5.75 Å². The van der Waals surface area contributed by atoms with Crippen molar-refractivity contribution in [3.63, 3.8) is 0 Å². The van der Waals surface area contributed by atoms with E-state index >= 15 is 0 Å². The molecule has 0 saturated heterocycles. The second-order valence-electron chi connectivity index (χ2n) is 5.66. The smallest absolute Gasteiger partial charge is 0.230 e. The van der Waals surface area contributed by atoms with E-state index in [0.717, 1.165) is 0 Å². The van der Waals surface area contributed by atoms with Crippen molar-refractivity contribution in [2.75, 3.05) is 11.1 Å². The van der Waals surface area contributed by atoms with Gasteiger partial charge in [0.2, 0.25) is 11.0 Å². The van der Waals surface area contributed by atoms with E-state index in [-0.39, 0.29) is 29.8 Å². The van der Waals surface area contributed by atoms with Crippen LogP contribution in [0.15, 0.2) is 46.8 Å². The molecule has 9 heteroatoms. The maximum Gasteiger partial charge on any atom is 0.230 e. The molecule has 1 amide bonds. The Morgan fingerprint density at radius 2 is 2.04 bits per heavy atom. The number of hydrogen-bond acceptors (Lipinski definition) is 6. The third-order valence-corrected chi connectivity index (χ3v) is 5.51. The molecular weight excluding hydrogens is 390 g/mol. The van der Waals surface area contributed by atoms with Crippen LogP contribution in [-0.4, -0.2) is 21.9 Å². The van der Waals surface area contributed by atoms with Crippen molar-refractivity contribution in [1.82, 2.24) is 15.5 Å². The van der Waals surface area contributed by atoms with Crippen LogP contribution in [-0.2, 0) is 11.3 Å². The Labute approximate surface area is 163 Å². The van der Waals surface area contributed by atoms with Gasteiger partial charge >= 0.3 is 0 Å². The van der Waals surface area contributed by atoms with Gasteiger partial charge in [-0.25, -0.2) is 8.78 Å². The molecule has 5 nitrogen and oxygen atoms in total. The number of anilines is 2. The standard InChI is InChI=1S/C18H16F2N4OS2/c1-11-5-6-12(7-15(11)20)9-21-16(25)10-26-18-24-23-17(27-18)22-14-4-2-3-13(19)8-14/h2-8H,9-10H2,1H3,(H,21,25)(H,22,23). The van der Waals surface area contributed by atoms with Crippen LogP contribution < -0.4 is 10.6 Å². The Balaban J connectivity index is 1.46. The third-order valence-electron chi connectivity index (χ3n) is 3.54. The summed E-state index contributed by atoms with van der Waals surface area (Å²) < 4.78 is 27.3. The van der Waals surface area contributed by atoms with Gasteiger partial charge in [-0.1, -0.05) is 41.3 Å². The molecule has 2 N–H and O–H groups in total. The van der Waals surface area contributed by atoms with Crippen molar-refractivity contribution in [3.05, 3.63) is 65.2 Å². The van der Waals surface area contributed by atoms with Crippen LogP contribution in [0.5, 0.6) is 0 Å². The van der Waals surface area contributed by atoms with Gasteiger partial charge < -0.3 is 10.6 Å². The molecule has 0 aliphatic rings. The first kappa shape index (κ1) is 19.2. The summed E-state index contributed by atoms with van der Waals surface area (Å²) in [5.74, 6) is -0.647. The number of carbonyl (C=O) groups excluding carboxylic acids is 1. The molecule has 27 heavy (non-hydrogen) atoms.